The Labute approximate surface area is 130 Å². The molecule has 0 unspecified atom stereocenters. The second-order valence-electron chi connectivity index (χ2n) is 5.37. The van der Waals surface area contributed by atoms with Gasteiger partial charge in [0.2, 0.25) is 10.0 Å². The van der Waals surface area contributed by atoms with Crippen LogP contribution in [0.15, 0.2) is 18.2 Å². The second kappa shape index (κ2) is 10.8. The lowest BCUT2D eigenvalue weighted by Gasteiger charge is -2.08. The van der Waals surface area contributed by atoms with Crippen LogP contribution in [0.5, 0.6) is 0 Å². The van der Waals surface area contributed by atoms with Crippen molar-refractivity contribution < 1.29 is 8.42 Å². The molecular weight excluding hydrogens is 284 g/mol. The first-order chi connectivity index (χ1) is 9.82. The van der Waals surface area contributed by atoms with Crippen molar-refractivity contribution in [1.82, 2.24) is 4.72 Å². The van der Waals surface area contributed by atoms with Crippen LogP contribution in [0.1, 0.15) is 49.8 Å². The van der Waals surface area contributed by atoms with Gasteiger partial charge in [0, 0.05) is 6.54 Å². The molecule has 0 saturated carbocycles. The van der Waals surface area contributed by atoms with Gasteiger partial charge >= 0.3 is 0 Å². The van der Waals surface area contributed by atoms with Crippen LogP contribution in [0.3, 0.4) is 0 Å². The third-order valence-corrected chi connectivity index (χ3v) is 3.32. The van der Waals surface area contributed by atoms with Gasteiger partial charge in [-0.3, -0.25) is 0 Å². The Bertz CT molecular complexity index is 499. The van der Waals surface area contributed by atoms with E-state index in [-0.39, 0.29) is 0 Å². The summed E-state index contributed by atoms with van der Waals surface area (Å²) < 4.78 is 24.6. The van der Waals surface area contributed by atoms with Crippen molar-refractivity contribution in [2.45, 2.75) is 53.0 Å². The largest absolute Gasteiger partial charge is 0.330 e. The minimum Gasteiger partial charge on any atom is -0.330 e. The molecule has 0 saturated heterocycles. The first kappa shape index (κ1) is 20.1. The van der Waals surface area contributed by atoms with Gasteiger partial charge in [-0.1, -0.05) is 44.0 Å². The van der Waals surface area contributed by atoms with E-state index in [1.165, 1.54) is 18.2 Å². The van der Waals surface area contributed by atoms with Crippen LogP contribution in [-0.4, -0.2) is 21.2 Å². The molecule has 0 amide bonds. The number of rotatable bonds is 7. The maximum absolute atomic E-state index is 11.1. The number of hydrogen-bond donors (Lipinski definition) is 2. The molecule has 0 heterocycles. The fourth-order valence-electron chi connectivity index (χ4n) is 1.88. The Morgan fingerprint density at radius 1 is 1.10 bits per heavy atom. The van der Waals surface area contributed by atoms with Gasteiger partial charge in [0.25, 0.3) is 0 Å². The topological polar surface area (TPSA) is 72.2 Å². The van der Waals surface area contributed by atoms with Gasteiger partial charge in [-0.2, -0.15) is 0 Å². The average Bonchev–Trinajstić information content (AvgIpc) is 2.36. The monoisotopic (exact) mass is 314 g/mol. The maximum atomic E-state index is 11.1. The second-order valence-corrected chi connectivity index (χ2v) is 7.21. The first-order valence-electron chi connectivity index (χ1n) is 7.56. The number of nitrogens with one attached hydrogen (secondary N) is 1. The van der Waals surface area contributed by atoms with Gasteiger partial charge in [-0.25, -0.2) is 13.1 Å². The van der Waals surface area contributed by atoms with Crippen LogP contribution in [0.4, 0.5) is 0 Å². The number of hydrogen-bond acceptors (Lipinski definition) is 3. The summed E-state index contributed by atoms with van der Waals surface area (Å²) in [6.07, 6.45) is 5.50. The van der Waals surface area contributed by atoms with Crippen molar-refractivity contribution in [3.05, 3.63) is 34.9 Å². The van der Waals surface area contributed by atoms with Gasteiger partial charge in [0.1, 0.15) is 0 Å². The SMILES string of the molecule is CCC.Cc1cc(CCCCN)cc(CNS(C)(=O)=O)c1. The lowest BCUT2D eigenvalue weighted by atomic mass is 10.0. The summed E-state index contributed by atoms with van der Waals surface area (Å²) >= 11 is 0. The Morgan fingerprint density at radius 2 is 1.67 bits per heavy atom. The van der Waals surface area contributed by atoms with E-state index in [9.17, 15) is 8.42 Å². The minimum absolute atomic E-state index is 0.352. The molecule has 21 heavy (non-hydrogen) atoms. The standard InChI is InChI=1S/C13H22N2O2S.C3H8/c1-11-7-12(5-3-4-6-14)9-13(8-11)10-15-18(2,16)17;1-3-2/h7-9,15H,3-6,10,14H2,1-2H3;3H2,1-2H3. The average molecular weight is 314 g/mol. The predicted octanol–water partition coefficient (Wildman–Crippen LogP) is 2.74. The summed E-state index contributed by atoms with van der Waals surface area (Å²) in [5.41, 5.74) is 8.88. The van der Waals surface area contributed by atoms with E-state index in [0.717, 1.165) is 30.4 Å². The summed E-state index contributed by atoms with van der Waals surface area (Å²) in [5, 5.41) is 0. The van der Waals surface area contributed by atoms with Crippen molar-refractivity contribution in [1.29, 1.82) is 0 Å². The lowest BCUT2D eigenvalue weighted by Crippen LogP contribution is -2.21. The highest BCUT2D eigenvalue weighted by atomic mass is 32.2. The zero-order valence-corrected chi connectivity index (χ0v) is 14.6. The first-order valence-corrected chi connectivity index (χ1v) is 9.45. The van der Waals surface area contributed by atoms with E-state index in [1.807, 2.05) is 13.0 Å². The van der Waals surface area contributed by atoms with E-state index in [4.69, 9.17) is 5.73 Å². The van der Waals surface area contributed by atoms with Crippen LogP contribution < -0.4 is 10.5 Å². The van der Waals surface area contributed by atoms with Gasteiger partial charge in [-0.15, -0.1) is 0 Å². The van der Waals surface area contributed by atoms with Crippen LogP contribution in [-0.2, 0) is 23.0 Å². The normalized spacial score (nSPS) is 10.9. The van der Waals surface area contributed by atoms with E-state index in [0.29, 0.717) is 13.1 Å². The molecule has 0 aliphatic carbocycles. The number of nitrogens with two attached hydrogens (primary N) is 1. The fourth-order valence-corrected chi connectivity index (χ4v) is 2.31. The molecule has 0 fully saturated rings. The molecule has 1 rings (SSSR count). The maximum Gasteiger partial charge on any atom is 0.209 e. The third-order valence-electron chi connectivity index (χ3n) is 2.65. The Hall–Kier alpha value is -0.910. The molecule has 0 aliphatic rings. The molecule has 5 heteroatoms. The number of aryl methyl sites for hydroxylation is 2. The summed E-state index contributed by atoms with van der Waals surface area (Å²) in [7, 11) is -3.14. The highest BCUT2D eigenvalue weighted by Crippen LogP contribution is 2.12. The van der Waals surface area contributed by atoms with Crippen LogP contribution in [0.25, 0.3) is 0 Å². The summed E-state index contributed by atoms with van der Waals surface area (Å²) in [6, 6.07) is 6.20. The van der Waals surface area contributed by atoms with Gasteiger partial charge < -0.3 is 5.73 Å². The predicted molar refractivity (Wildman–Crippen MR) is 90.8 cm³/mol. The van der Waals surface area contributed by atoms with Crippen molar-refractivity contribution in [3.63, 3.8) is 0 Å². The molecule has 0 aliphatic heterocycles. The van der Waals surface area contributed by atoms with Crippen LogP contribution >= 0.6 is 0 Å². The molecule has 0 radical (unpaired) electrons. The molecule has 0 spiro atoms. The molecule has 0 aromatic heterocycles. The molecule has 4 nitrogen and oxygen atoms in total. The van der Waals surface area contributed by atoms with Gasteiger partial charge in [-0.05, 0) is 43.9 Å². The van der Waals surface area contributed by atoms with E-state index in [1.54, 1.807) is 0 Å². The Kier molecular flexibility index (Phi) is 10.3. The Balaban J connectivity index is 0.00000122. The summed E-state index contributed by atoms with van der Waals surface area (Å²) in [5.74, 6) is 0. The van der Waals surface area contributed by atoms with Gasteiger partial charge in [0.15, 0.2) is 0 Å². The van der Waals surface area contributed by atoms with Crippen molar-refractivity contribution in [3.8, 4) is 0 Å². The molecule has 3 N–H and O–H groups in total. The summed E-state index contributed by atoms with van der Waals surface area (Å²) in [4.78, 5) is 0. The molecular formula is C16H30N2O2S. The smallest absolute Gasteiger partial charge is 0.209 e. The quantitative estimate of drug-likeness (QED) is 0.760. The highest BCUT2D eigenvalue weighted by molar-refractivity contribution is 7.88. The molecule has 122 valence electrons. The van der Waals surface area contributed by atoms with Crippen molar-refractivity contribution in [2.75, 3.05) is 12.8 Å². The lowest BCUT2D eigenvalue weighted by molar-refractivity contribution is 0.587. The number of benzene rings is 1. The van der Waals surface area contributed by atoms with Crippen molar-refractivity contribution in [2.24, 2.45) is 5.73 Å². The van der Waals surface area contributed by atoms with E-state index >= 15 is 0 Å². The van der Waals surface area contributed by atoms with E-state index in [2.05, 4.69) is 30.7 Å². The number of sulfonamides is 1. The van der Waals surface area contributed by atoms with Crippen LogP contribution in [0, 0.1) is 6.92 Å². The minimum atomic E-state index is -3.14. The number of unbranched alkanes of at least 4 members (excludes halogenated alkanes) is 1. The third kappa shape index (κ3) is 11.4. The zero-order valence-electron chi connectivity index (χ0n) is 13.8. The zero-order chi connectivity index (χ0) is 16.3. The molecule has 0 atom stereocenters. The van der Waals surface area contributed by atoms with Gasteiger partial charge in [0.05, 0.1) is 6.26 Å². The van der Waals surface area contributed by atoms with Crippen LogP contribution in [0.2, 0.25) is 0 Å². The fraction of sp³-hybridized carbons (Fsp3) is 0.625. The highest BCUT2D eigenvalue weighted by Gasteiger charge is 2.03. The molecule has 1 aromatic carbocycles. The Morgan fingerprint density at radius 3 is 2.19 bits per heavy atom. The molecule has 1 aromatic rings. The molecule has 0 bridgehead atoms. The van der Waals surface area contributed by atoms with E-state index < -0.39 is 10.0 Å². The summed E-state index contributed by atoms with van der Waals surface area (Å²) in [6.45, 7) is 7.34. The van der Waals surface area contributed by atoms with Crippen molar-refractivity contribution >= 4 is 10.0 Å².